The van der Waals surface area contributed by atoms with Gasteiger partial charge in [0.15, 0.2) is 0 Å². The van der Waals surface area contributed by atoms with Crippen molar-refractivity contribution < 1.29 is 4.74 Å². The molecule has 1 saturated heterocycles. The van der Waals surface area contributed by atoms with Crippen LogP contribution >= 0.6 is 0 Å². The summed E-state index contributed by atoms with van der Waals surface area (Å²) in [4.78, 5) is 0. The van der Waals surface area contributed by atoms with Crippen LogP contribution in [-0.4, -0.2) is 24.8 Å². The van der Waals surface area contributed by atoms with Crippen molar-refractivity contribution in [1.82, 2.24) is 5.32 Å². The average molecular weight is 293 g/mol. The minimum Gasteiger partial charge on any atom is -0.375 e. The highest BCUT2D eigenvalue weighted by molar-refractivity contribution is 4.96. The van der Waals surface area contributed by atoms with Crippen molar-refractivity contribution in [3.63, 3.8) is 0 Å². The zero-order chi connectivity index (χ0) is 14.7. The van der Waals surface area contributed by atoms with Gasteiger partial charge in [-0.25, -0.2) is 0 Å². The van der Waals surface area contributed by atoms with Crippen molar-refractivity contribution in [3.05, 3.63) is 0 Å². The first-order valence-electron chi connectivity index (χ1n) is 9.61. The van der Waals surface area contributed by atoms with Crippen molar-refractivity contribution in [3.8, 4) is 0 Å². The van der Waals surface area contributed by atoms with Crippen molar-refractivity contribution in [2.75, 3.05) is 13.2 Å². The molecule has 1 N–H and O–H groups in total. The first-order chi connectivity index (χ1) is 10.2. The van der Waals surface area contributed by atoms with Gasteiger partial charge in [-0.2, -0.15) is 0 Å². The van der Waals surface area contributed by atoms with Gasteiger partial charge in [-0.3, -0.25) is 0 Å². The molecule has 0 aromatic heterocycles. The van der Waals surface area contributed by atoms with Crippen molar-refractivity contribution in [1.29, 1.82) is 0 Å². The molecule has 2 aliphatic carbocycles. The van der Waals surface area contributed by atoms with Gasteiger partial charge in [-0.1, -0.05) is 33.1 Å². The highest BCUT2D eigenvalue weighted by atomic mass is 16.5. The molecule has 0 aromatic rings. The second-order valence-corrected chi connectivity index (χ2v) is 8.02. The van der Waals surface area contributed by atoms with Gasteiger partial charge >= 0.3 is 0 Å². The van der Waals surface area contributed by atoms with E-state index in [0.29, 0.717) is 0 Å². The minimum absolute atomic E-state index is 0.260. The Hall–Kier alpha value is -0.0800. The minimum atomic E-state index is 0.260. The predicted molar refractivity (Wildman–Crippen MR) is 88.5 cm³/mol. The van der Waals surface area contributed by atoms with Crippen molar-refractivity contribution in [2.45, 2.75) is 89.7 Å². The number of nitrogens with one attached hydrogen (secondary N) is 1. The van der Waals surface area contributed by atoms with Crippen LogP contribution in [0.3, 0.4) is 0 Å². The summed E-state index contributed by atoms with van der Waals surface area (Å²) in [5.41, 5.74) is 0.260. The first-order valence-corrected chi connectivity index (χ1v) is 9.61. The molecule has 1 aliphatic heterocycles. The van der Waals surface area contributed by atoms with E-state index in [2.05, 4.69) is 19.2 Å². The van der Waals surface area contributed by atoms with Gasteiger partial charge in [-0.15, -0.1) is 0 Å². The molecule has 3 aliphatic rings. The molecule has 0 radical (unpaired) electrons. The smallest absolute Gasteiger partial charge is 0.0685 e. The van der Waals surface area contributed by atoms with Crippen LogP contribution in [0.4, 0.5) is 0 Å². The fraction of sp³-hybridized carbons (Fsp3) is 1.00. The first kappa shape index (κ1) is 15.8. The van der Waals surface area contributed by atoms with Crippen LogP contribution in [0.15, 0.2) is 0 Å². The fourth-order valence-electron chi connectivity index (χ4n) is 4.92. The summed E-state index contributed by atoms with van der Waals surface area (Å²) in [5.74, 6) is 2.71. The molecule has 2 nitrogen and oxygen atoms in total. The standard InChI is InChI=1S/C19H35NO/c1-3-12-20-18(15(2)16-7-8-16)17-9-13-21-19(14-17)10-5-4-6-11-19/h15-18,20H,3-14H2,1-2H3. The van der Waals surface area contributed by atoms with E-state index < -0.39 is 0 Å². The molecule has 122 valence electrons. The summed E-state index contributed by atoms with van der Waals surface area (Å²) in [6.45, 7) is 6.99. The quantitative estimate of drug-likeness (QED) is 0.777. The molecule has 1 heterocycles. The highest BCUT2D eigenvalue weighted by Crippen LogP contribution is 2.45. The number of rotatable bonds is 6. The molecule has 0 aromatic carbocycles. The zero-order valence-electron chi connectivity index (χ0n) is 14.2. The van der Waals surface area contributed by atoms with Crippen molar-refractivity contribution in [2.24, 2.45) is 17.8 Å². The average Bonchev–Trinajstić information content (AvgIpc) is 3.33. The lowest BCUT2D eigenvalue weighted by molar-refractivity contribution is -0.124. The molecule has 3 atom stereocenters. The van der Waals surface area contributed by atoms with Crippen molar-refractivity contribution >= 4 is 0 Å². The maximum absolute atomic E-state index is 6.32. The Labute approximate surface area is 131 Å². The van der Waals surface area contributed by atoms with Gasteiger partial charge in [0.05, 0.1) is 5.60 Å². The fourth-order valence-corrected chi connectivity index (χ4v) is 4.92. The summed E-state index contributed by atoms with van der Waals surface area (Å²) in [5, 5.41) is 3.93. The summed E-state index contributed by atoms with van der Waals surface area (Å²) in [7, 11) is 0. The van der Waals surface area contributed by atoms with E-state index in [9.17, 15) is 0 Å². The lowest BCUT2D eigenvalue weighted by atomic mass is 9.71. The third-order valence-corrected chi connectivity index (χ3v) is 6.37. The topological polar surface area (TPSA) is 21.3 Å². The third kappa shape index (κ3) is 3.82. The van der Waals surface area contributed by atoms with Gasteiger partial charge in [-0.05, 0) is 69.2 Å². The molecule has 3 unspecified atom stereocenters. The Balaban J connectivity index is 1.65. The van der Waals surface area contributed by atoms with E-state index in [0.717, 1.165) is 30.4 Å². The number of hydrogen-bond donors (Lipinski definition) is 1. The summed E-state index contributed by atoms with van der Waals surface area (Å²) >= 11 is 0. The maximum atomic E-state index is 6.32. The molecular formula is C19H35NO. The van der Waals surface area contributed by atoms with Crippen LogP contribution in [0.5, 0.6) is 0 Å². The van der Waals surface area contributed by atoms with Crippen LogP contribution in [0.25, 0.3) is 0 Å². The summed E-state index contributed by atoms with van der Waals surface area (Å²) < 4.78 is 6.32. The van der Waals surface area contributed by atoms with E-state index in [4.69, 9.17) is 4.74 Å². The van der Waals surface area contributed by atoms with E-state index >= 15 is 0 Å². The SMILES string of the molecule is CCCNC(C1CCOC2(CCCCC2)C1)C(C)C1CC1. The van der Waals surface area contributed by atoms with E-state index in [-0.39, 0.29) is 5.60 Å². The number of hydrogen-bond acceptors (Lipinski definition) is 2. The molecule has 21 heavy (non-hydrogen) atoms. The van der Waals surface area contributed by atoms with E-state index in [1.54, 1.807) is 0 Å². The Morgan fingerprint density at radius 1 is 1.10 bits per heavy atom. The maximum Gasteiger partial charge on any atom is 0.0685 e. The van der Waals surface area contributed by atoms with E-state index in [1.807, 2.05) is 0 Å². The van der Waals surface area contributed by atoms with Gasteiger partial charge in [0, 0.05) is 12.6 Å². The molecule has 1 spiro atoms. The van der Waals surface area contributed by atoms with Gasteiger partial charge in [0.25, 0.3) is 0 Å². The van der Waals surface area contributed by atoms with Crippen LogP contribution in [0, 0.1) is 17.8 Å². The molecule has 3 fully saturated rings. The Morgan fingerprint density at radius 3 is 2.52 bits per heavy atom. The van der Waals surface area contributed by atoms with Crippen LogP contribution in [0.2, 0.25) is 0 Å². The van der Waals surface area contributed by atoms with E-state index in [1.165, 1.54) is 70.8 Å². The second-order valence-electron chi connectivity index (χ2n) is 8.02. The molecule has 0 amide bonds. The highest BCUT2D eigenvalue weighted by Gasteiger charge is 2.44. The Bertz CT molecular complexity index is 314. The molecule has 2 heteroatoms. The summed E-state index contributed by atoms with van der Waals surface area (Å²) in [6, 6.07) is 0.736. The third-order valence-electron chi connectivity index (χ3n) is 6.37. The molecular weight excluding hydrogens is 258 g/mol. The zero-order valence-corrected chi connectivity index (χ0v) is 14.2. The lowest BCUT2D eigenvalue weighted by Crippen LogP contribution is -2.50. The Morgan fingerprint density at radius 2 is 1.86 bits per heavy atom. The van der Waals surface area contributed by atoms with Crippen LogP contribution in [0.1, 0.15) is 78.1 Å². The molecule has 2 saturated carbocycles. The molecule has 0 bridgehead atoms. The van der Waals surface area contributed by atoms with Gasteiger partial charge in [0.1, 0.15) is 0 Å². The largest absolute Gasteiger partial charge is 0.375 e. The normalized spacial score (nSPS) is 32.0. The second kappa shape index (κ2) is 7.00. The van der Waals surface area contributed by atoms with Crippen LogP contribution < -0.4 is 5.32 Å². The number of ether oxygens (including phenoxy) is 1. The Kier molecular flexibility index (Phi) is 5.27. The van der Waals surface area contributed by atoms with Gasteiger partial charge in [0.2, 0.25) is 0 Å². The van der Waals surface area contributed by atoms with Crippen LogP contribution in [-0.2, 0) is 4.74 Å². The van der Waals surface area contributed by atoms with Gasteiger partial charge < -0.3 is 10.1 Å². The summed E-state index contributed by atoms with van der Waals surface area (Å²) in [6.07, 6.45) is 13.6. The molecule has 3 rings (SSSR count). The monoisotopic (exact) mass is 293 g/mol. The predicted octanol–water partition coefficient (Wildman–Crippen LogP) is 4.53. The lowest BCUT2D eigenvalue weighted by Gasteiger charge is -2.47.